The van der Waals surface area contributed by atoms with E-state index in [0.717, 1.165) is 0 Å². The first-order valence-electron chi connectivity index (χ1n) is 11.4. The molecule has 36 heavy (non-hydrogen) atoms. The van der Waals surface area contributed by atoms with E-state index in [1.54, 1.807) is 29.2 Å². The lowest BCUT2D eigenvalue weighted by Gasteiger charge is -2.39. The van der Waals surface area contributed by atoms with Crippen LogP contribution in [-0.2, 0) is 10.0 Å². The molecular weight excluding hydrogens is 493 g/mol. The number of carbonyl (C=O) groups excluding carboxylic acids is 1. The van der Waals surface area contributed by atoms with Crippen molar-refractivity contribution in [1.82, 2.24) is 14.9 Å². The van der Waals surface area contributed by atoms with Crippen LogP contribution in [0.3, 0.4) is 0 Å². The van der Waals surface area contributed by atoms with Gasteiger partial charge in [0.2, 0.25) is 0 Å². The lowest BCUT2D eigenvalue weighted by Crippen LogP contribution is -2.42. The van der Waals surface area contributed by atoms with Crippen LogP contribution in [0.15, 0.2) is 71.7 Å². The summed E-state index contributed by atoms with van der Waals surface area (Å²) in [5.41, 5.74) is 1.07. The normalized spacial score (nSPS) is 15.5. The van der Waals surface area contributed by atoms with E-state index in [1.165, 1.54) is 30.6 Å². The minimum absolute atomic E-state index is 0.00533. The van der Waals surface area contributed by atoms with Gasteiger partial charge in [0, 0.05) is 43.2 Å². The van der Waals surface area contributed by atoms with Gasteiger partial charge >= 0.3 is 6.08 Å². The maximum atomic E-state index is 13.2. The van der Waals surface area contributed by atoms with E-state index in [0.29, 0.717) is 37.0 Å². The number of benzene rings is 2. The summed E-state index contributed by atoms with van der Waals surface area (Å²) in [4.78, 5) is 22.9. The number of sulfonamides is 1. The van der Waals surface area contributed by atoms with E-state index in [2.05, 4.69) is 14.7 Å². The molecule has 0 radical (unpaired) electrons. The molecule has 0 atom stereocenters. The molecule has 1 saturated heterocycles. The summed E-state index contributed by atoms with van der Waals surface area (Å²) in [6.45, 7) is 2.77. The molecule has 2 heterocycles. The fraction of sp³-hybridized carbons (Fsp3) is 0.320. The number of rotatable bonds is 7. The Morgan fingerprint density at radius 3 is 2.36 bits per heavy atom. The molecule has 1 amide bonds. The fourth-order valence-corrected chi connectivity index (χ4v) is 5.49. The monoisotopic (exact) mass is 518 g/mol. The van der Waals surface area contributed by atoms with Crippen molar-refractivity contribution >= 4 is 32.7 Å². The first kappa shape index (κ1) is 25.6. The molecule has 0 saturated carbocycles. The van der Waals surface area contributed by atoms with Gasteiger partial charge < -0.3 is 4.90 Å². The maximum Gasteiger partial charge on any atom is 0.301 e. The summed E-state index contributed by atoms with van der Waals surface area (Å²) in [5.74, 6) is -1.59. The second-order valence-corrected chi connectivity index (χ2v) is 10.8. The van der Waals surface area contributed by atoms with E-state index in [-0.39, 0.29) is 40.3 Å². The molecule has 0 spiro atoms. The highest BCUT2D eigenvalue weighted by Gasteiger charge is 2.32. The largest absolute Gasteiger partial charge is 0.339 e. The zero-order chi connectivity index (χ0) is 25.9. The van der Waals surface area contributed by atoms with Crippen molar-refractivity contribution < 1.29 is 26.4 Å². The summed E-state index contributed by atoms with van der Waals surface area (Å²) < 4.78 is 66.3. The summed E-state index contributed by atoms with van der Waals surface area (Å²) in [6.07, 6.45) is 1.75. The number of likely N-dealkylation sites (tertiary alicyclic amines) is 1. The quantitative estimate of drug-likeness (QED) is 0.444. The van der Waals surface area contributed by atoms with Gasteiger partial charge in [-0.3, -0.25) is 19.5 Å². The van der Waals surface area contributed by atoms with Crippen LogP contribution >= 0.6 is 0 Å². The van der Waals surface area contributed by atoms with Crippen molar-refractivity contribution in [2.75, 3.05) is 17.8 Å². The van der Waals surface area contributed by atoms with E-state index in [9.17, 15) is 26.4 Å². The minimum atomic E-state index is -3.95. The molecule has 1 aliphatic heterocycles. The average molecular weight is 519 g/mol. The minimum Gasteiger partial charge on any atom is -0.339 e. The van der Waals surface area contributed by atoms with Gasteiger partial charge in [-0.25, -0.2) is 12.8 Å². The number of piperidine rings is 1. The number of para-hydroxylation sites is 1. The van der Waals surface area contributed by atoms with Crippen molar-refractivity contribution in [1.29, 1.82) is 0 Å². The first-order valence-corrected chi connectivity index (χ1v) is 12.9. The Morgan fingerprint density at radius 2 is 1.69 bits per heavy atom. The number of halogens is 3. The summed E-state index contributed by atoms with van der Waals surface area (Å²) in [5, 5.41) is 0. The van der Waals surface area contributed by atoms with Crippen LogP contribution in [0, 0.1) is 5.41 Å². The van der Waals surface area contributed by atoms with Crippen LogP contribution in [0.1, 0.15) is 43.0 Å². The van der Waals surface area contributed by atoms with Gasteiger partial charge in [-0.05, 0) is 61.1 Å². The SMILES string of the molecule is CC1(CCC(F)=C(F)F)CCN(C(=O)c2ccc(NS(=O)(=O)c3cccc4nccnc34)cc2)CC1. The van der Waals surface area contributed by atoms with E-state index >= 15 is 0 Å². The van der Waals surface area contributed by atoms with Crippen LogP contribution in [0.5, 0.6) is 0 Å². The van der Waals surface area contributed by atoms with Gasteiger partial charge in [0.15, 0.2) is 5.83 Å². The predicted octanol–water partition coefficient (Wildman–Crippen LogP) is 5.53. The molecule has 7 nitrogen and oxygen atoms in total. The Kier molecular flexibility index (Phi) is 7.30. The van der Waals surface area contributed by atoms with Gasteiger partial charge in [0.05, 0.1) is 5.52 Å². The molecule has 0 unspecified atom stereocenters. The van der Waals surface area contributed by atoms with Gasteiger partial charge in [-0.1, -0.05) is 13.0 Å². The second-order valence-electron chi connectivity index (χ2n) is 9.13. The summed E-state index contributed by atoms with van der Waals surface area (Å²) >= 11 is 0. The molecule has 2 aromatic carbocycles. The Hall–Kier alpha value is -3.47. The van der Waals surface area contributed by atoms with Gasteiger partial charge in [-0.15, -0.1) is 0 Å². The number of fused-ring (bicyclic) bond motifs is 1. The van der Waals surface area contributed by atoms with Crippen molar-refractivity contribution in [3.05, 3.63) is 72.3 Å². The van der Waals surface area contributed by atoms with E-state index in [1.807, 2.05) is 6.92 Å². The molecule has 1 aliphatic rings. The number of nitrogens with zero attached hydrogens (tertiary/aromatic N) is 3. The van der Waals surface area contributed by atoms with Crippen LogP contribution < -0.4 is 4.72 Å². The number of hydrogen-bond acceptors (Lipinski definition) is 5. The number of carbonyl (C=O) groups is 1. The first-order chi connectivity index (χ1) is 17.1. The average Bonchev–Trinajstić information content (AvgIpc) is 2.87. The Bertz CT molecular complexity index is 1390. The maximum absolute atomic E-state index is 13.2. The Balaban J connectivity index is 1.39. The third-order valence-corrected chi connectivity index (χ3v) is 7.96. The van der Waals surface area contributed by atoms with Crippen molar-refractivity contribution in [3.8, 4) is 0 Å². The van der Waals surface area contributed by atoms with E-state index < -0.39 is 21.9 Å². The molecule has 1 fully saturated rings. The number of anilines is 1. The summed E-state index contributed by atoms with van der Waals surface area (Å²) in [7, 11) is -3.95. The number of allylic oxidation sites excluding steroid dienone is 1. The number of amides is 1. The third-order valence-electron chi connectivity index (χ3n) is 6.55. The van der Waals surface area contributed by atoms with Crippen molar-refractivity contribution in [2.24, 2.45) is 5.41 Å². The third kappa shape index (κ3) is 5.67. The second kappa shape index (κ2) is 10.3. The van der Waals surface area contributed by atoms with Crippen LogP contribution in [0.4, 0.5) is 18.9 Å². The zero-order valence-electron chi connectivity index (χ0n) is 19.5. The molecule has 0 aliphatic carbocycles. The van der Waals surface area contributed by atoms with E-state index in [4.69, 9.17) is 0 Å². The number of hydrogen-bond donors (Lipinski definition) is 1. The molecule has 1 N–H and O–H groups in total. The standard InChI is InChI=1S/C25H25F3N4O3S/c1-25(10-9-19(26)23(27)28)11-15-32(16-12-25)24(33)17-5-7-18(8-6-17)31-36(34,35)21-4-2-3-20-22(21)30-14-13-29-20/h2-8,13-14,31H,9-12,15-16H2,1H3. The van der Waals surface area contributed by atoms with Gasteiger partial charge in [0.1, 0.15) is 10.4 Å². The highest BCUT2D eigenvalue weighted by Crippen LogP contribution is 2.37. The van der Waals surface area contributed by atoms with Gasteiger partial charge in [-0.2, -0.15) is 8.78 Å². The lowest BCUT2D eigenvalue weighted by molar-refractivity contribution is 0.0589. The molecular formula is C25H25F3N4O3S. The van der Waals surface area contributed by atoms with Crippen LogP contribution in [-0.4, -0.2) is 42.3 Å². The molecule has 190 valence electrons. The molecule has 1 aromatic heterocycles. The molecule has 11 heteroatoms. The smallest absolute Gasteiger partial charge is 0.301 e. The Labute approximate surface area is 207 Å². The molecule has 4 rings (SSSR count). The van der Waals surface area contributed by atoms with Crippen molar-refractivity contribution in [3.63, 3.8) is 0 Å². The van der Waals surface area contributed by atoms with Gasteiger partial charge in [0.25, 0.3) is 15.9 Å². The topological polar surface area (TPSA) is 92.3 Å². The summed E-state index contributed by atoms with van der Waals surface area (Å²) in [6, 6.07) is 10.8. The number of aromatic nitrogens is 2. The van der Waals surface area contributed by atoms with Crippen LogP contribution in [0.25, 0.3) is 11.0 Å². The molecule has 0 bridgehead atoms. The fourth-order valence-electron chi connectivity index (χ4n) is 4.26. The predicted molar refractivity (Wildman–Crippen MR) is 130 cm³/mol. The van der Waals surface area contributed by atoms with Crippen molar-refractivity contribution in [2.45, 2.75) is 37.5 Å². The lowest BCUT2D eigenvalue weighted by atomic mass is 9.76. The Morgan fingerprint density at radius 1 is 1.03 bits per heavy atom. The number of nitrogens with one attached hydrogen (secondary N) is 1. The molecule has 3 aromatic rings. The van der Waals surface area contributed by atoms with Crippen LogP contribution in [0.2, 0.25) is 0 Å². The highest BCUT2D eigenvalue weighted by molar-refractivity contribution is 7.93. The zero-order valence-corrected chi connectivity index (χ0v) is 20.4. The highest BCUT2D eigenvalue weighted by atomic mass is 32.2.